The summed E-state index contributed by atoms with van der Waals surface area (Å²) >= 11 is 1.69. The Morgan fingerprint density at radius 1 is 1.55 bits per heavy atom. The summed E-state index contributed by atoms with van der Waals surface area (Å²) < 4.78 is 5.14. The third-order valence-corrected chi connectivity index (χ3v) is 4.71. The first-order chi connectivity index (χ1) is 9.66. The molecule has 0 bridgehead atoms. The first-order valence-corrected chi connectivity index (χ1v) is 7.84. The second-order valence-electron chi connectivity index (χ2n) is 5.28. The summed E-state index contributed by atoms with van der Waals surface area (Å²) in [5.74, 6) is 0.926. The van der Waals surface area contributed by atoms with Crippen molar-refractivity contribution >= 4 is 17.2 Å². The van der Waals surface area contributed by atoms with Gasteiger partial charge in [0.2, 0.25) is 5.91 Å². The number of carbonyl (C=O) groups excluding carboxylic acids is 1. The van der Waals surface area contributed by atoms with E-state index in [2.05, 4.69) is 22.0 Å². The van der Waals surface area contributed by atoms with Gasteiger partial charge in [-0.25, -0.2) is 0 Å². The third-order valence-electron chi connectivity index (χ3n) is 4.01. The van der Waals surface area contributed by atoms with E-state index in [4.69, 9.17) is 4.52 Å². The first-order valence-electron chi connectivity index (χ1n) is 6.90. The number of hydrogen-bond donors (Lipinski definition) is 0. The quantitative estimate of drug-likeness (QED) is 0.871. The van der Waals surface area contributed by atoms with Crippen molar-refractivity contribution in [3.05, 3.63) is 39.4 Å². The standard InChI is InChI=1S/C15H18N2O2S/c1-10-13(11(2)19-16-10)8-15(18)17-6-3-4-14(17)12-5-7-20-9-12/h5,7,9,14H,3-4,6,8H2,1-2H3. The van der Waals surface area contributed by atoms with Gasteiger partial charge in [-0.3, -0.25) is 4.79 Å². The third kappa shape index (κ3) is 2.38. The summed E-state index contributed by atoms with van der Waals surface area (Å²) in [6.07, 6.45) is 2.53. The minimum absolute atomic E-state index is 0.174. The van der Waals surface area contributed by atoms with E-state index < -0.39 is 0 Å². The van der Waals surface area contributed by atoms with Crippen molar-refractivity contribution in [3.63, 3.8) is 0 Å². The van der Waals surface area contributed by atoms with E-state index in [1.165, 1.54) is 5.56 Å². The minimum atomic E-state index is 0.174. The van der Waals surface area contributed by atoms with E-state index in [1.54, 1.807) is 11.3 Å². The van der Waals surface area contributed by atoms with E-state index in [0.717, 1.165) is 36.4 Å². The van der Waals surface area contributed by atoms with E-state index in [1.807, 2.05) is 18.7 Å². The second-order valence-corrected chi connectivity index (χ2v) is 6.06. The molecule has 2 aromatic heterocycles. The van der Waals surface area contributed by atoms with Crippen LogP contribution >= 0.6 is 11.3 Å². The Morgan fingerprint density at radius 3 is 3.05 bits per heavy atom. The van der Waals surface area contributed by atoms with Crippen molar-refractivity contribution in [2.45, 2.75) is 39.2 Å². The number of carbonyl (C=O) groups is 1. The number of aromatic nitrogens is 1. The topological polar surface area (TPSA) is 46.3 Å². The number of thiophene rings is 1. The summed E-state index contributed by atoms with van der Waals surface area (Å²) in [6.45, 7) is 4.60. The number of nitrogens with zero attached hydrogens (tertiary/aromatic N) is 2. The highest BCUT2D eigenvalue weighted by Gasteiger charge is 2.30. The van der Waals surface area contributed by atoms with Crippen molar-refractivity contribution in [2.24, 2.45) is 0 Å². The van der Waals surface area contributed by atoms with Gasteiger partial charge in [0.1, 0.15) is 5.76 Å². The van der Waals surface area contributed by atoms with Crippen molar-refractivity contribution in [1.29, 1.82) is 0 Å². The molecule has 0 N–H and O–H groups in total. The van der Waals surface area contributed by atoms with Crippen LogP contribution in [0.15, 0.2) is 21.3 Å². The number of rotatable bonds is 3. The van der Waals surface area contributed by atoms with E-state index in [-0.39, 0.29) is 11.9 Å². The van der Waals surface area contributed by atoms with Gasteiger partial charge in [-0.2, -0.15) is 11.3 Å². The molecule has 20 heavy (non-hydrogen) atoms. The molecule has 1 saturated heterocycles. The number of likely N-dealkylation sites (tertiary alicyclic amines) is 1. The molecule has 106 valence electrons. The highest BCUT2D eigenvalue weighted by atomic mass is 32.1. The largest absolute Gasteiger partial charge is 0.361 e. The van der Waals surface area contributed by atoms with Gasteiger partial charge in [0, 0.05) is 12.1 Å². The molecule has 1 atom stereocenters. The number of amides is 1. The summed E-state index contributed by atoms with van der Waals surface area (Å²) in [5, 5.41) is 8.14. The lowest BCUT2D eigenvalue weighted by Gasteiger charge is -2.24. The van der Waals surface area contributed by atoms with Crippen LogP contribution in [0.25, 0.3) is 0 Å². The van der Waals surface area contributed by atoms with Crippen molar-refractivity contribution in [2.75, 3.05) is 6.54 Å². The molecule has 1 aliphatic rings. The summed E-state index contributed by atoms with van der Waals surface area (Å²) in [4.78, 5) is 14.6. The highest BCUT2D eigenvalue weighted by Crippen LogP contribution is 2.33. The lowest BCUT2D eigenvalue weighted by molar-refractivity contribution is -0.131. The molecule has 0 aromatic carbocycles. The van der Waals surface area contributed by atoms with Crippen molar-refractivity contribution < 1.29 is 9.32 Å². The molecule has 0 saturated carbocycles. The van der Waals surface area contributed by atoms with Crippen LogP contribution in [0.1, 0.15) is 41.5 Å². The first kappa shape index (κ1) is 13.4. The van der Waals surface area contributed by atoms with Gasteiger partial charge in [0.05, 0.1) is 18.2 Å². The smallest absolute Gasteiger partial charge is 0.227 e. The predicted molar refractivity (Wildman–Crippen MR) is 77.7 cm³/mol. The molecule has 4 nitrogen and oxygen atoms in total. The summed E-state index contributed by atoms with van der Waals surface area (Å²) in [7, 11) is 0. The molecule has 0 radical (unpaired) electrons. The van der Waals surface area contributed by atoms with Crippen LogP contribution in [0.2, 0.25) is 0 Å². The molecule has 3 heterocycles. The second kappa shape index (κ2) is 5.40. The Morgan fingerprint density at radius 2 is 2.40 bits per heavy atom. The molecular formula is C15H18N2O2S. The minimum Gasteiger partial charge on any atom is -0.361 e. The average Bonchev–Trinajstić information content (AvgIpc) is 3.13. The SMILES string of the molecule is Cc1noc(C)c1CC(=O)N1CCCC1c1ccsc1. The fourth-order valence-corrected chi connectivity index (χ4v) is 3.59. The van der Waals surface area contributed by atoms with Crippen LogP contribution in [0.3, 0.4) is 0 Å². The maximum absolute atomic E-state index is 12.6. The molecule has 1 fully saturated rings. The van der Waals surface area contributed by atoms with E-state index in [9.17, 15) is 4.79 Å². The lowest BCUT2D eigenvalue weighted by atomic mass is 10.1. The molecule has 1 amide bonds. The van der Waals surface area contributed by atoms with Crippen LogP contribution in [-0.4, -0.2) is 22.5 Å². The molecule has 0 spiro atoms. The molecule has 5 heteroatoms. The Bertz CT molecular complexity index is 584. The van der Waals surface area contributed by atoms with Crippen LogP contribution in [0.4, 0.5) is 0 Å². The summed E-state index contributed by atoms with van der Waals surface area (Å²) in [6, 6.07) is 2.37. The molecule has 1 aliphatic heterocycles. The molecule has 1 unspecified atom stereocenters. The Kier molecular flexibility index (Phi) is 3.61. The summed E-state index contributed by atoms with van der Waals surface area (Å²) in [5.41, 5.74) is 3.02. The van der Waals surface area contributed by atoms with Crippen molar-refractivity contribution in [3.8, 4) is 0 Å². The van der Waals surface area contributed by atoms with Gasteiger partial charge in [-0.15, -0.1) is 0 Å². The fraction of sp³-hybridized carbons (Fsp3) is 0.467. The molecule has 2 aromatic rings. The van der Waals surface area contributed by atoms with Crippen LogP contribution < -0.4 is 0 Å². The molecular weight excluding hydrogens is 272 g/mol. The maximum atomic E-state index is 12.6. The van der Waals surface area contributed by atoms with Gasteiger partial charge in [0.15, 0.2) is 0 Å². The zero-order valence-electron chi connectivity index (χ0n) is 11.8. The molecule has 0 aliphatic carbocycles. The van der Waals surface area contributed by atoms with Gasteiger partial charge in [-0.05, 0) is 49.1 Å². The highest BCUT2D eigenvalue weighted by molar-refractivity contribution is 7.07. The van der Waals surface area contributed by atoms with E-state index >= 15 is 0 Å². The average molecular weight is 290 g/mol. The predicted octanol–water partition coefficient (Wildman–Crippen LogP) is 3.26. The fourth-order valence-electron chi connectivity index (χ4n) is 2.88. The number of aryl methyl sites for hydroxylation is 2. The van der Waals surface area contributed by atoms with Crippen LogP contribution in [0, 0.1) is 13.8 Å². The zero-order chi connectivity index (χ0) is 14.1. The Hall–Kier alpha value is -1.62. The monoisotopic (exact) mass is 290 g/mol. The van der Waals surface area contributed by atoms with Crippen LogP contribution in [0.5, 0.6) is 0 Å². The maximum Gasteiger partial charge on any atom is 0.227 e. The van der Waals surface area contributed by atoms with Gasteiger partial charge in [0.25, 0.3) is 0 Å². The normalized spacial score (nSPS) is 18.7. The van der Waals surface area contributed by atoms with Gasteiger partial charge < -0.3 is 9.42 Å². The Balaban J connectivity index is 1.77. The van der Waals surface area contributed by atoms with Crippen LogP contribution in [-0.2, 0) is 11.2 Å². The number of hydrogen-bond acceptors (Lipinski definition) is 4. The molecule has 3 rings (SSSR count). The lowest BCUT2D eigenvalue weighted by Crippen LogP contribution is -2.31. The zero-order valence-corrected chi connectivity index (χ0v) is 12.6. The van der Waals surface area contributed by atoms with Gasteiger partial charge in [-0.1, -0.05) is 5.16 Å². The Labute approximate surface area is 122 Å². The van der Waals surface area contributed by atoms with E-state index in [0.29, 0.717) is 6.42 Å². The van der Waals surface area contributed by atoms with Crippen molar-refractivity contribution in [1.82, 2.24) is 10.1 Å². The van der Waals surface area contributed by atoms with Gasteiger partial charge >= 0.3 is 0 Å².